The van der Waals surface area contributed by atoms with Gasteiger partial charge in [0.25, 0.3) is 5.22 Å². The number of rotatable bonds is 5. The highest BCUT2D eigenvalue weighted by Crippen LogP contribution is 2.40. The summed E-state index contributed by atoms with van der Waals surface area (Å²) in [4.78, 5) is 12.2. The minimum absolute atomic E-state index is 0.516. The fourth-order valence-electron chi connectivity index (χ4n) is 3.33. The van der Waals surface area contributed by atoms with Gasteiger partial charge in [0.05, 0.1) is 11.9 Å². The zero-order valence-electron chi connectivity index (χ0n) is 14.8. The first kappa shape index (κ1) is 18.2. The van der Waals surface area contributed by atoms with Crippen LogP contribution in [0, 0.1) is 0 Å². The number of halogens is 1. The monoisotopic (exact) mass is 473 g/mol. The number of likely N-dealkylation sites (tertiary alicyclic amines) is 1. The Bertz CT molecular complexity index is 1110. The molecule has 4 aromatic rings. The number of hydrogen-bond donors (Lipinski definition) is 0. The van der Waals surface area contributed by atoms with E-state index < -0.39 is 0 Å². The van der Waals surface area contributed by atoms with Crippen LogP contribution in [0.15, 0.2) is 55.1 Å². The van der Waals surface area contributed by atoms with Gasteiger partial charge in [-0.25, -0.2) is 9.97 Å². The summed E-state index contributed by atoms with van der Waals surface area (Å²) in [7, 11) is 0. The Kier molecular flexibility index (Phi) is 5.15. The maximum Gasteiger partial charge on any atom is 0.283 e. The quantitative estimate of drug-likeness (QED) is 0.366. The molecule has 9 heteroatoms. The molecular weight excluding hydrogens is 458 g/mol. The molecule has 1 aliphatic heterocycles. The first-order chi connectivity index (χ1) is 13.8. The normalized spacial score (nSPS) is 14.9. The van der Waals surface area contributed by atoms with Crippen LogP contribution in [0.25, 0.3) is 21.3 Å². The van der Waals surface area contributed by atoms with Gasteiger partial charge in [-0.2, -0.15) is 0 Å². The largest absolute Gasteiger partial charge is 0.414 e. The van der Waals surface area contributed by atoms with E-state index in [0.29, 0.717) is 11.1 Å². The molecule has 1 fully saturated rings. The van der Waals surface area contributed by atoms with Gasteiger partial charge in [0.1, 0.15) is 16.2 Å². The number of fused-ring (bicyclic) bond motifs is 1. The second-order valence-corrected chi connectivity index (χ2v) is 9.28. The molecule has 0 aliphatic carbocycles. The van der Waals surface area contributed by atoms with E-state index in [1.165, 1.54) is 24.6 Å². The molecule has 28 heavy (non-hydrogen) atoms. The zero-order valence-corrected chi connectivity index (χ0v) is 18.1. The molecule has 0 N–H and O–H groups in total. The summed E-state index contributed by atoms with van der Waals surface area (Å²) in [6, 6.07) is 8.26. The van der Waals surface area contributed by atoms with Crippen molar-refractivity contribution < 1.29 is 4.42 Å². The smallest absolute Gasteiger partial charge is 0.283 e. The minimum atomic E-state index is 0.516. The van der Waals surface area contributed by atoms with E-state index >= 15 is 0 Å². The van der Waals surface area contributed by atoms with Crippen LogP contribution in [0.3, 0.4) is 0 Å². The molecule has 0 bridgehead atoms. The van der Waals surface area contributed by atoms with Crippen LogP contribution < -0.4 is 0 Å². The maximum absolute atomic E-state index is 5.87. The van der Waals surface area contributed by atoms with Crippen LogP contribution in [0.2, 0.25) is 0 Å². The highest BCUT2D eigenvalue weighted by atomic mass is 79.9. The fourth-order valence-corrected chi connectivity index (χ4v) is 5.36. The summed E-state index contributed by atoms with van der Waals surface area (Å²) >= 11 is 6.51. The third kappa shape index (κ3) is 3.71. The molecule has 0 spiro atoms. The lowest BCUT2D eigenvalue weighted by molar-refractivity contribution is 0.278. The van der Waals surface area contributed by atoms with Gasteiger partial charge in [0, 0.05) is 15.4 Å². The molecule has 0 unspecified atom stereocenters. The number of thiophene rings is 1. The van der Waals surface area contributed by atoms with Gasteiger partial charge in [-0.05, 0) is 55.4 Å². The van der Waals surface area contributed by atoms with Crippen molar-refractivity contribution in [2.24, 2.45) is 0 Å². The van der Waals surface area contributed by atoms with Gasteiger partial charge in [-0.3, -0.25) is 4.90 Å². The number of aromatic nitrogens is 4. The van der Waals surface area contributed by atoms with Gasteiger partial charge in [-0.15, -0.1) is 21.5 Å². The SMILES string of the molecule is Brc1ccc(-c2csc3ncnc(Sc4nnc(CN5CCCC5)o4)c23)cc1. The van der Waals surface area contributed by atoms with E-state index in [0.717, 1.165) is 50.5 Å². The molecule has 5 rings (SSSR count). The molecule has 6 nitrogen and oxygen atoms in total. The van der Waals surface area contributed by atoms with E-state index in [1.54, 1.807) is 17.7 Å². The Hall–Kier alpha value is -1.81. The van der Waals surface area contributed by atoms with Crippen molar-refractivity contribution in [1.82, 2.24) is 25.1 Å². The van der Waals surface area contributed by atoms with Gasteiger partial charge in [-0.1, -0.05) is 28.1 Å². The van der Waals surface area contributed by atoms with Crippen molar-refractivity contribution >= 4 is 49.2 Å². The van der Waals surface area contributed by atoms with Crippen LogP contribution in [-0.2, 0) is 6.54 Å². The molecule has 0 amide bonds. The number of hydrogen-bond acceptors (Lipinski definition) is 8. The summed E-state index contributed by atoms with van der Waals surface area (Å²) in [5.41, 5.74) is 2.25. The highest BCUT2D eigenvalue weighted by Gasteiger charge is 2.19. The summed E-state index contributed by atoms with van der Waals surface area (Å²) in [6.07, 6.45) is 4.07. The Balaban J connectivity index is 1.45. The highest BCUT2D eigenvalue weighted by molar-refractivity contribution is 9.10. The first-order valence-corrected chi connectivity index (χ1v) is 11.5. The Morgan fingerprint density at radius 2 is 1.93 bits per heavy atom. The molecular formula is C19H16BrN5OS2. The number of benzene rings is 1. The summed E-state index contributed by atoms with van der Waals surface area (Å²) in [6.45, 7) is 2.92. The van der Waals surface area contributed by atoms with Crippen molar-refractivity contribution in [3.8, 4) is 11.1 Å². The summed E-state index contributed by atoms with van der Waals surface area (Å²) < 4.78 is 6.93. The van der Waals surface area contributed by atoms with Crippen LogP contribution in [0.4, 0.5) is 0 Å². The van der Waals surface area contributed by atoms with Crippen LogP contribution >= 0.6 is 39.0 Å². The zero-order chi connectivity index (χ0) is 18.9. The third-order valence-corrected chi connectivity index (χ3v) is 6.94. The van der Waals surface area contributed by atoms with E-state index in [4.69, 9.17) is 4.42 Å². The molecule has 0 radical (unpaired) electrons. The van der Waals surface area contributed by atoms with Crippen molar-refractivity contribution in [2.75, 3.05) is 13.1 Å². The third-order valence-electron chi connectivity index (χ3n) is 4.68. The first-order valence-electron chi connectivity index (χ1n) is 8.97. The van der Waals surface area contributed by atoms with Crippen molar-refractivity contribution in [1.29, 1.82) is 0 Å². The molecule has 0 saturated carbocycles. The molecule has 1 aromatic carbocycles. The maximum atomic E-state index is 5.87. The Labute approximate surface area is 178 Å². The predicted molar refractivity (Wildman–Crippen MR) is 113 cm³/mol. The van der Waals surface area contributed by atoms with E-state index in [9.17, 15) is 0 Å². The van der Waals surface area contributed by atoms with Gasteiger partial charge < -0.3 is 4.42 Å². The fraction of sp³-hybridized carbons (Fsp3) is 0.263. The van der Waals surface area contributed by atoms with Crippen molar-refractivity contribution in [3.05, 3.63) is 46.3 Å². The van der Waals surface area contributed by atoms with Crippen molar-refractivity contribution in [3.63, 3.8) is 0 Å². The van der Waals surface area contributed by atoms with Gasteiger partial charge >= 0.3 is 0 Å². The van der Waals surface area contributed by atoms with E-state index in [1.807, 2.05) is 12.1 Å². The lowest BCUT2D eigenvalue weighted by Crippen LogP contribution is -2.18. The molecule has 0 atom stereocenters. The van der Waals surface area contributed by atoms with Crippen LogP contribution in [0.1, 0.15) is 18.7 Å². The average Bonchev–Trinajstić information content (AvgIpc) is 3.45. The molecule has 4 heterocycles. The lowest BCUT2D eigenvalue weighted by Gasteiger charge is -2.10. The van der Waals surface area contributed by atoms with Gasteiger partial charge in [0.15, 0.2) is 0 Å². The minimum Gasteiger partial charge on any atom is -0.414 e. The van der Waals surface area contributed by atoms with Crippen LogP contribution in [0.5, 0.6) is 0 Å². The predicted octanol–water partition coefficient (Wildman–Crippen LogP) is 5.25. The lowest BCUT2D eigenvalue weighted by atomic mass is 10.1. The summed E-state index contributed by atoms with van der Waals surface area (Å²) in [5, 5.41) is 12.9. The number of nitrogens with zero attached hydrogens (tertiary/aromatic N) is 5. The van der Waals surface area contributed by atoms with E-state index in [2.05, 4.69) is 58.5 Å². The van der Waals surface area contributed by atoms with Crippen molar-refractivity contribution in [2.45, 2.75) is 29.6 Å². The molecule has 1 aliphatic rings. The second kappa shape index (κ2) is 7.90. The van der Waals surface area contributed by atoms with Gasteiger partial charge in [0.2, 0.25) is 5.89 Å². The Morgan fingerprint density at radius 3 is 2.75 bits per heavy atom. The van der Waals surface area contributed by atoms with E-state index in [-0.39, 0.29) is 0 Å². The standard InChI is InChI=1S/C19H16BrN5OS2/c20-13-5-3-12(4-6-13)14-10-27-17-16(14)18(22-11-21-17)28-19-24-23-15(26-19)9-25-7-1-2-8-25/h3-6,10-11H,1-2,7-9H2. The summed E-state index contributed by atoms with van der Waals surface area (Å²) in [5.74, 6) is 0.660. The topological polar surface area (TPSA) is 67.9 Å². The molecule has 1 saturated heterocycles. The average molecular weight is 474 g/mol. The molecule has 142 valence electrons. The second-order valence-electron chi connectivity index (χ2n) is 6.56. The van der Waals surface area contributed by atoms with Crippen LogP contribution in [-0.4, -0.2) is 38.2 Å². The molecule has 3 aromatic heterocycles. The Morgan fingerprint density at radius 1 is 1.11 bits per heavy atom.